The van der Waals surface area contributed by atoms with Crippen molar-refractivity contribution in [2.75, 3.05) is 6.61 Å². The van der Waals surface area contributed by atoms with E-state index < -0.39 is 5.97 Å². The highest BCUT2D eigenvalue weighted by Gasteiger charge is 2.26. The van der Waals surface area contributed by atoms with Gasteiger partial charge in [0.15, 0.2) is 5.70 Å². The number of carbonyl (C=O) groups excluding carboxylic acids is 1. The summed E-state index contributed by atoms with van der Waals surface area (Å²) in [6, 6.07) is 18.7. The van der Waals surface area contributed by atoms with Crippen LogP contribution in [0.2, 0.25) is 10.0 Å². The third-order valence-corrected chi connectivity index (χ3v) is 6.31. The molecule has 0 spiro atoms. The number of hydrogen-bond acceptors (Lipinski definition) is 4. The first-order valence-electron chi connectivity index (χ1n) is 9.54. The molecule has 0 N–H and O–H groups in total. The predicted octanol–water partition coefficient (Wildman–Crippen LogP) is 7.48. The molecule has 0 aliphatic carbocycles. The minimum Gasteiger partial charge on any atom is -0.491 e. The second-order valence-corrected chi connectivity index (χ2v) is 9.41. The van der Waals surface area contributed by atoms with Gasteiger partial charge in [-0.3, -0.25) is 0 Å². The van der Waals surface area contributed by atoms with E-state index in [1.807, 2.05) is 30.3 Å². The number of hydrogen-bond donors (Lipinski definition) is 0. The van der Waals surface area contributed by atoms with Gasteiger partial charge in [-0.05, 0) is 79.4 Å². The molecule has 0 aromatic heterocycles. The summed E-state index contributed by atoms with van der Waals surface area (Å²) in [6.45, 7) is 0.531. The van der Waals surface area contributed by atoms with Gasteiger partial charge >= 0.3 is 5.97 Å². The molecule has 4 rings (SSSR count). The van der Waals surface area contributed by atoms with Crippen LogP contribution in [0.3, 0.4) is 0 Å². The summed E-state index contributed by atoms with van der Waals surface area (Å²) >= 11 is 19.2. The van der Waals surface area contributed by atoms with Crippen LogP contribution in [0.1, 0.15) is 16.7 Å². The molecule has 3 aromatic carbocycles. The van der Waals surface area contributed by atoms with Crippen LogP contribution in [0.15, 0.2) is 80.3 Å². The average molecular weight is 596 g/mol. The molecule has 4 nitrogen and oxygen atoms in total. The average Bonchev–Trinajstić information content (AvgIpc) is 3.10. The molecule has 1 aliphatic rings. The molecule has 0 unspecified atom stereocenters. The van der Waals surface area contributed by atoms with Gasteiger partial charge in [-0.15, -0.1) is 0 Å². The Hall–Kier alpha value is -2.12. The Morgan fingerprint density at radius 3 is 2.41 bits per heavy atom. The van der Waals surface area contributed by atoms with Crippen molar-refractivity contribution in [1.29, 1.82) is 0 Å². The van der Waals surface area contributed by atoms with Crippen LogP contribution in [0.4, 0.5) is 0 Å². The van der Waals surface area contributed by atoms with Gasteiger partial charge in [-0.2, -0.15) is 0 Å². The van der Waals surface area contributed by atoms with Crippen LogP contribution in [0.5, 0.6) is 5.75 Å². The topological polar surface area (TPSA) is 47.9 Å². The lowest BCUT2D eigenvalue weighted by molar-refractivity contribution is -0.129. The molecule has 32 heavy (non-hydrogen) atoms. The van der Waals surface area contributed by atoms with Gasteiger partial charge in [0.05, 0.1) is 26.1 Å². The van der Waals surface area contributed by atoms with Crippen molar-refractivity contribution in [3.63, 3.8) is 0 Å². The lowest BCUT2D eigenvalue weighted by Crippen LogP contribution is -2.06. The summed E-state index contributed by atoms with van der Waals surface area (Å²) in [5.41, 5.74) is 2.62. The molecule has 8 heteroatoms. The Bertz CT molecular complexity index is 1220. The summed E-state index contributed by atoms with van der Waals surface area (Å²) in [5, 5.41) is 0.841. The van der Waals surface area contributed by atoms with E-state index in [1.54, 1.807) is 24.3 Å². The number of aliphatic imine (C=N–C) groups is 1. The molecule has 0 bridgehead atoms. The van der Waals surface area contributed by atoms with Gasteiger partial charge in [0.1, 0.15) is 5.75 Å². The minimum absolute atomic E-state index is 0.141. The second-order valence-electron chi connectivity index (χ2n) is 6.86. The van der Waals surface area contributed by atoms with Crippen molar-refractivity contribution in [2.24, 2.45) is 4.99 Å². The maximum Gasteiger partial charge on any atom is 0.363 e. The molecule has 1 heterocycles. The number of ether oxygens (including phenoxy) is 2. The number of benzene rings is 3. The lowest BCUT2D eigenvalue weighted by Gasteiger charge is -2.11. The molecule has 0 saturated carbocycles. The summed E-state index contributed by atoms with van der Waals surface area (Å²) in [4.78, 5) is 16.6. The fourth-order valence-electron chi connectivity index (χ4n) is 3.06. The maximum atomic E-state index is 12.3. The Morgan fingerprint density at radius 2 is 1.72 bits per heavy atom. The molecular weight excluding hydrogens is 581 g/mol. The van der Waals surface area contributed by atoms with Crippen LogP contribution in [0, 0.1) is 0 Å². The van der Waals surface area contributed by atoms with Gasteiger partial charge < -0.3 is 9.47 Å². The second kappa shape index (κ2) is 10.2. The summed E-state index contributed by atoms with van der Waals surface area (Å²) in [5.74, 6) is 0.276. The molecule has 0 radical (unpaired) electrons. The van der Waals surface area contributed by atoms with Crippen molar-refractivity contribution in [1.82, 2.24) is 0 Å². The molecule has 0 atom stereocenters. The lowest BCUT2D eigenvalue weighted by atomic mass is 10.1. The van der Waals surface area contributed by atoms with E-state index in [0.29, 0.717) is 28.0 Å². The zero-order chi connectivity index (χ0) is 22.7. The highest BCUT2D eigenvalue weighted by molar-refractivity contribution is 9.11. The maximum absolute atomic E-state index is 12.3. The van der Waals surface area contributed by atoms with Crippen molar-refractivity contribution in [3.05, 3.63) is 102 Å². The largest absolute Gasteiger partial charge is 0.491 e. The van der Waals surface area contributed by atoms with Crippen LogP contribution in [-0.2, 0) is 16.0 Å². The number of halogens is 4. The molecule has 0 fully saturated rings. The number of nitrogens with zero attached hydrogens (tertiary/aromatic N) is 1. The van der Waals surface area contributed by atoms with E-state index >= 15 is 0 Å². The van der Waals surface area contributed by atoms with E-state index in [2.05, 4.69) is 49.0 Å². The van der Waals surface area contributed by atoms with Gasteiger partial charge in [0.25, 0.3) is 0 Å². The van der Waals surface area contributed by atoms with Crippen LogP contribution >= 0.6 is 55.1 Å². The fraction of sp³-hybridized carbons (Fsp3) is 0.0833. The molecule has 162 valence electrons. The van der Waals surface area contributed by atoms with Crippen molar-refractivity contribution >= 4 is 73.0 Å². The zero-order valence-corrected chi connectivity index (χ0v) is 21.1. The SMILES string of the molecule is O=C1OC(c2ccc(Cl)cc2Cl)=N/C1=C\c1cc(Br)c(OCCc2ccccc2)c(Br)c1. The third kappa shape index (κ3) is 5.44. The van der Waals surface area contributed by atoms with E-state index in [1.165, 1.54) is 5.56 Å². The monoisotopic (exact) mass is 593 g/mol. The number of esters is 1. The van der Waals surface area contributed by atoms with Gasteiger partial charge in [0.2, 0.25) is 5.90 Å². The van der Waals surface area contributed by atoms with Crippen LogP contribution in [0.25, 0.3) is 6.08 Å². The van der Waals surface area contributed by atoms with Crippen LogP contribution < -0.4 is 4.74 Å². The minimum atomic E-state index is -0.554. The van der Waals surface area contributed by atoms with Crippen molar-refractivity contribution < 1.29 is 14.3 Å². The Labute approximate surface area is 212 Å². The molecule has 3 aromatic rings. The smallest absolute Gasteiger partial charge is 0.363 e. The van der Waals surface area contributed by atoms with Gasteiger partial charge in [-0.1, -0.05) is 53.5 Å². The first-order valence-corrected chi connectivity index (χ1v) is 11.9. The molecule has 1 aliphatic heterocycles. The highest BCUT2D eigenvalue weighted by Crippen LogP contribution is 2.36. The van der Waals surface area contributed by atoms with Crippen LogP contribution in [-0.4, -0.2) is 18.5 Å². The number of carbonyl (C=O) groups is 1. The number of cyclic esters (lactones) is 1. The summed E-state index contributed by atoms with van der Waals surface area (Å²) in [7, 11) is 0. The fourth-order valence-corrected chi connectivity index (χ4v) is 5.00. The summed E-state index contributed by atoms with van der Waals surface area (Å²) < 4.78 is 12.8. The Balaban J connectivity index is 1.52. The number of rotatable bonds is 6. The van der Waals surface area contributed by atoms with Gasteiger partial charge in [0, 0.05) is 11.4 Å². The van der Waals surface area contributed by atoms with E-state index in [0.717, 1.165) is 20.9 Å². The standard InChI is InChI=1S/C24H15Br2Cl2NO3/c25-18-10-15(11-19(26)22(18)31-9-8-14-4-2-1-3-5-14)12-21-24(30)32-23(29-21)17-7-6-16(27)13-20(17)28/h1-7,10-13H,8-9H2/b21-12-. The predicted molar refractivity (Wildman–Crippen MR) is 135 cm³/mol. The Morgan fingerprint density at radius 1 is 1.00 bits per heavy atom. The molecule has 0 amide bonds. The summed E-state index contributed by atoms with van der Waals surface area (Å²) in [6.07, 6.45) is 2.44. The van der Waals surface area contributed by atoms with E-state index in [4.69, 9.17) is 32.7 Å². The van der Waals surface area contributed by atoms with E-state index in [-0.39, 0.29) is 11.6 Å². The molecule has 0 saturated heterocycles. The highest BCUT2D eigenvalue weighted by atomic mass is 79.9. The third-order valence-electron chi connectivity index (χ3n) is 4.59. The quantitative estimate of drug-likeness (QED) is 0.219. The first-order chi connectivity index (χ1) is 15.4. The van der Waals surface area contributed by atoms with Crippen molar-refractivity contribution in [2.45, 2.75) is 6.42 Å². The van der Waals surface area contributed by atoms with Gasteiger partial charge in [-0.25, -0.2) is 9.79 Å². The van der Waals surface area contributed by atoms with Crippen molar-refractivity contribution in [3.8, 4) is 5.75 Å². The Kier molecular flexibility index (Phi) is 7.36. The van der Waals surface area contributed by atoms with E-state index in [9.17, 15) is 4.79 Å². The first kappa shape index (κ1) is 23.1. The zero-order valence-electron chi connectivity index (χ0n) is 16.4. The molecular formula is C24H15Br2Cl2NO3. The normalized spacial score (nSPS) is 14.4.